The molecule has 0 fully saturated rings. The van der Waals surface area contributed by atoms with Crippen molar-refractivity contribution in [2.75, 3.05) is 24.8 Å². The first kappa shape index (κ1) is 18.5. The molecule has 7 heteroatoms. The number of hydrogen-bond donors (Lipinski definition) is 1. The molecule has 0 aliphatic rings. The third-order valence-electron chi connectivity index (χ3n) is 3.63. The fourth-order valence-corrected chi connectivity index (χ4v) is 4.02. The number of rotatable bonds is 7. The summed E-state index contributed by atoms with van der Waals surface area (Å²) in [6.45, 7) is 4.84. The summed E-state index contributed by atoms with van der Waals surface area (Å²) in [5.74, 6) is 0.977. The van der Waals surface area contributed by atoms with Crippen molar-refractivity contribution in [1.29, 1.82) is 0 Å². The van der Waals surface area contributed by atoms with E-state index < -0.39 is 0 Å². The molecular formula is C19H20N2O3S2. The van der Waals surface area contributed by atoms with Crippen LogP contribution in [-0.2, 0) is 0 Å². The van der Waals surface area contributed by atoms with Crippen LogP contribution in [0.2, 0.25) is 0 Å². The van der Waals surface area contributed by atoms with Gasteiger partial charge in [-0.05, 0) is 50.4 Å². The first-order valence-electron chi connectivity index (χ1n) is 8.30. The SMILES string of the molecule is CCOc1ccc(C(=O)Nc2nc3c(SC)cccc3s2)cc1OCC. The Morgan fingerprint density at radius 2 is 1.92 bits per heavy atom. The maximum Gasteiger partial charge on any atom is 0.257 e. The molecule has 136 valence electrons. The quantitative estimate of drug-likeness (QED) is 0.573. The van der Waals surface area contributed by atoms with Gasteiger partial charge in [-0.1, -0.05) is 17.4 Å². The van der Waals surface area contributed by atoms with E-state index in [0.29, 0.717) is 35.4 Å². The Morgan fingerprint density at radius 3 is 2.65 bits per heavy atom. The van der Waals surface area contributed by atoms with Gasteiger partial charge in [-0.25, -0.2) is 4.98 Å². The Hall–Kier alpha value is -2.25. The average molecular weight is 389 g/mol. The molecule has 0 spiro atoms. The average Bonchev–Trinajstić information content (AvgIpc) is 3.05. The third kappa shape index (κ3) is 3.94. The van der Waals surface area contributed by atoms with Crippen molar-refractivity contribution in [2.24, 2.45) is 0 Å². The van der Waals surface area contributed by atoms with Gasteiger partial charge in [0.25, 0.3) is 5.91 Å². The lowest BCUT2D eigenvalue weighted by atomic mass is 10.2. The van der Waals surface area contributed by atoms with E-state index in [2.05, 4.69) is 10.3 Å². The Bertz CT molecular complexity index is 924. The number of hydrogen-bond acceptors (Lipinski definition) is 6. The normalized spacial score (nSPS) is 10.7. The summed E-state index contributed by atoms with van der Waals surface area (Å²) < 4.78 is 12.2. The fourth-order valence-electron chi connectivity index (χ4n) is 2.50. The van der Waals surface area contributed by atoms with Gasteiger partial charge in [0.05, 0.1) is 23.4 Å². The number of nitrogens with one attached hydrogen (secondary N) is 1. The molecule has 3 rings (SSSR count). The molecule has 26 heavy (non-hydrogen) atoms. The molecule has 0 atom stereocenters. The van der Waals surface area contributed by atoms with Crippen molar-refractivity contribution in [3.63, 3.8) is 0 Å². The highest BCUT2D eigenvalue weighted by Gasteiger charge is 2.14. The van der Waals surface area contributed by atoms with Crippen molar-refractivity contribution >= 4 is 44.4 Å². The Kier molecular flexibility index (Phi) is 6.00. The third-order valence-corrected chi connectivity index (χ3v) is 5.33. The minimum Gasteiger partial charge on any atom is -0.490 e. The second-order valence-electron chi connectivity index (χ2n) is 5.31. The zero-order valence-electron chi connectivity index (χ0n) is 14.9. The minimum atomic E-state index is -0.223. The van der Waals surface area contributed by atoms with Crippen LogP contribution in [0.15, 0.2) is 41.3 Å². The van der Waals surface area contributed by atoms with E-state index in [1.54, 1.807) is 30.0 Å². The van der Waals surface area contributed by atoms with Crippen LogP contribution < -0.4 is 14.8 Å². The van der Waals surface area contributed by atoms with Gasteiger partial charge in [-0.2, -0.15) is 0 Å². The van der Waals surface area contributed by atoms with E-state index in [9.17, 15) is 4.79 Å². The molecule has 0 bridgehead atoms. The summed E-state index contributed by atoms with van der Waals surface area (Å²) in [5.41, 5.74) is 1.42. The Balaban J connectivity index is 1.84. The highest BCUT2D eigenvalue weighted by atomic mass is 32.2. The second-order valence-corrected chi connectivity index (χ2v) is 7.19. The number of carbonyl (C=O) groups is 1. The van der Waals surface area contributed by atoms with Crippen LogP contribution in [-0.4, -0.2) is 30.4 Å². The number of fused-ring (bicyclic) bond motifs is 1. The number of para-hydroxylation sites is 1. The Morgan fingerprint density at radius 1 is 1.15 bits per heavy atom. The van der Waals surface area contributed by atoms with Gasteiger partial charge >= 0.3 is 0 Å². The van der Waals surface area contributed by atoms with Crippen LogP contribution in [0.5, 0.6) is 11.5 Å². The van der Waals surface area contributed by atoms with Crippen molar-refractivity contribution < 1.29 is 14.3 Å². The van der Waals surface area contributed by atoms with Gasteiger partial charge in [0, 0.05) is 10.5 Å². The van der Waals surface area contributed by atoms with Crippen molar-refractivity contribution in [2.45, 2.75) is 18.7 Å². The van der Waals surface area contributed by atoms with Crippen LogP contribution in [0.1, 0.15) is 24.2 Å². The standard InChI is InChI=1S/C19H20N2O3S2/c1-4-23-13-10-9-12(11-14(13)24-5-2)18(22)21-19-20-17-15(25-3)7-6-8-16(17)26-19/h6-11H,4-5H2,1-3H3,(H,20,21,22). The van der Waals surface area contributed by atoms with Crippen LogP contribution in [0.3, 0.4) is 0 Å². The van der Waals surface area contributed by atoms with Crippen LogP contribution in [0, 0.1) is 0 Å². The van der Waals surface area contributed by atoms with Gasteiger partial charge < -0.3 is 9.47 Å². The minimum absolute atomic E-state index is 0.223. The molecule has 3 aromatic rings. The molecule has 0 unspecified atom stereocenters. The zero-order valence-corrected chi connectivity index (χ0v) is 16.5. The van der Waals surface area contributed by atoms with Crippen LogP contribution in [0.4, 0.5) is 5.13 Å². The largest absolute Gasteiger partial charge is 0.490 e. The topological polar surface area (TPSA) is 60.5 Å². The summed E-state index contributed by atoms with van der Waals surface area (Å²) in [6.07, 6.45) is 2.02. The summed E-state index contributed by atoms with van der Waals surface area (Å²) in [4.78, 5) is 18.3. The molecule has 0 aliphatic heterocycles. The van der Waals surface area contributed by atoms with E-state index >= 15 is 0 Å². The van der Waals surface area contributed by atoms with Gasteiger partial charge in [-0.15, -0.1) is 11.8 Å². The summed E-state index contributed by atoms with van der Waals surface area (Å²) in [7, 11) is 0. The number of amides is 1. The molecule has 1 amide bonds. The maximum absolute atomic E-state index is 12.6. The van der Waals surface area contributed by atoms with Crippen molar-refractivity contribution in [3.8, 4) is 11.5 Å². The number of benzene rings is 2. The highest BCUT2D eigenvalue weighted by Crippen LogP contribution is 2.33. The Labute approximate surface area is 160 Å². The molecule has 1 heterocycles. The number of carbonyl (C=O) groups excluding carboxylic acids is 1. The molecule has 0 aliphatic carbocycles. The molecule has 2 aromatic carbocycles. The molecule has 1 aromatic heterocycles. The summed E-state index contributed by atoms with van der Waals surface area (Å²) in [6, 6.07) is 11.2. The number of nitrogens with zero attached hydrogens (tertiary/aromatic N) is 1. The van der Waals surface area contributed by atoms with E-state index in [0.717, 1.165) is 15.1 Å². The fraction of sp³-hybridized carbons (Fsp3) is 0.263. The van der Waals surface area contributed by atoms with Crippen LogP contribution >= 0.6 is 23.1 Å². The number of aromatic nitrogens is 1. The first-order valence-corrected chi connectivity index (χ1v) is 10.3. The van der Waals surface area contributed by atoms with Crippen molar-refractivity contribution in [1.82, 2.24) is 4.98 Å². The number of ether oxygens (including phenoxy) is 2. The lowest BCUT2D eigenvalue weighted by molar-refractivity contribution is 0.102. The van der Waals surface area contributed by atoms with Gasteiger partial charge in [0.1, 0.15) is 0 Å². The van der Waals surface area contributed by atoms with E-state index in [1.807, 2.05) is 38.3 Å². The predicted octanol–water partition coefficient (Wildman–Crippen LogP) is 5.07. The van der Waals surface area contributed by atoms with Gasteiger partial charge in [0.15, 0.2) is 16.6 Å². The summed E-state index contributed by atoms with van der Waals surface area (Å²) >= 11 is 3.10. The molecular weight excluding hydrogens is 368 g/mol. The smallest absolute Gasteiger partial charge is 0.257 e. The number of anilines is 1. The monoisotopic (exact) mass is 388 g/mol. The lowest BCUT2D eigenvalue weighted by Crippen LogP contribution is -2.12. The molecule has 1 N–H and O–H groups in total. The zero-order chi connectivity index (χ0) is 18.5. The van der Waals surface area contributed by atoms with Gasteiger partial charge in [-0.3, -0.25) is 10.1 Å². The summed E-state index contributed by atoms with van der Waals surface area (Å²) in [5, 5.41) is 3.46. The number of thiazole rings is 1. The number of thioether (sulfide) groups is 1. The first-order chi connectivity index (χ1) is 12.7. The molecule has 0 saturated carbocycles. The lowest BCUT2D eigenvalue weighted by Gasteiger charge is -2.12. The van der Waals surface area contributed by atoms with E-state index in [1.165, 1.54) is 11.3 Å². The van der Waals surface area contributed by atoms with E-state index in [-0.39, 0.29) is 5.91 Å². The van der Waals surface area contributed by atoms with Gasteiger partial charge in [0.2, 0.25) is 0 Å². The second kappa shape index (κ2) is 8.42. The van der Waals surface area contributed by atoms with Crippen molar-refractivity contribution in [3.05, 3.63) is 42.0 Å². The molecule has 0 radical (unpaired) electrons. The predicted molar refractivity (Wildman–Crippen MR) is 108 cm³/mol. The highest BCUT2D eigenvalue weighted by molar-refractivity contribution is 7.98. The molecule has 5 nitrogen and oxygen atoms in total. The molecule has 0 saturated heterocycles. The van der Waals surface area contributed by atoms with Crippen LogP contribution in [0.25, 0.3) is 10.2 Å². The van der Waals surface area contributed by atoms with E-state index in [4.69, 9.17) is 9.47 Å². The maximum atomic E-state index is 12.6.